The van der Waals surface area contributed by atoms with Gasteiger partial charge in [0.05, 0.1) is 18.3 Å². The molecule has 0 unspecified atom stereocenters. The minimum absolute atomic E-state index is 0.0177. The molecular formula is C28H31N3O5. The summed E-state index contributed by atoms with van der Waals surface area (Å²) in [6, 6.07) is 12.9. The number of hydrogen-bond donors (Lipinski definition) is 2. The van der Waals surface area contributed by atoms with Gasteiger partial charge in [-0.15, -0.1) is 0 Å². The van der Waals surface area contributed by atoms with Gasteiger partial charge >= 0.3 is 0 Å². The van der Waals surface area contributed by atoms with Crippen molar-refractivity contribution in [1.82, 2.24) is 4.90 Å². The van der Waals surface area contributed by atoms with Gasteiger partial charge in [-0.1, -0.05) is 43.3 Å². The van der Waals surface area contributed by atoms with Gasteiger partial charge in [-0.05, 0) is 35.7 Å². The van der Waals surface area contributed by atoms with Gasteiger partial charge in [0.15, 0.2) is 5.60 Å². The van der Waals surface area contributed by atoms with E-state index >= 15 is 0 Å². The van der Waals surface area contributed by atoms with Crippen molar-refractivity contribution in [2.24, 2.45) is 5.92 Å². The number of carbonyl (C=O) groups excluding carboxylic acids is 3. The molecule has 3 atom stereocenters. The van der Waals surface area contributed by atoms with Crippen LogP contribution >= 0.6 is 0 Å². The highest BCUT2D eigenvalue weighted by Crippen LogP contribution is 2.46. The number of hydrogen-bond acceptors (Lipinski definition) is 5. The second kappa shape index (κ2) is 9.19. The highest BCUT2D eigenvalue weighted by atomic mass is 16.3. The second-order valence-corrected chi connectivity index (χ2v) is 9.88. The molecule has 5 rings (SSSR count). The van der Waals surface area contributed by atoms with Crippen LogP contribution in [-0.2, 0) is 33.0 Å². The maximum Gasteiger partial charge on any atom is 0.264 e. The summed E-state index contributed by atoms with van der Waals surface area (Å²) in [5, 5.41) is 21.5. The van der Waals surface area contributed by atoms with Gasteiger partial charge in [0.25, 0.3) is 5.91 Å². The molecule has 2 aromatic rings. The lowest BCUT2D eigenvalue weighted by Crippen LogP contribution is -2.46. The molecule has 36 heavy (non-hydrogen) atoms. The Bertz CT molecular complexity index is 1260. The van der Waals surface area contributed by atoms with E-state index in [1.54, 1.807) is 54.1 Å². The van der Waals surface area contributed by atoms with E-state index in [9.17, 15) is 24.6 Å². The lowest BCUT2D eigenvalue weighted by atomic mass is 9.82. The number of rotatable bonds is 6. The molecule has 0 aromatic heterocycles. The van der Waals surface area contributed by atoms with Crippen molar-refractivity contribution in [3.05, 3.63) is 71.3 Å². The van der Waals surface area contributed by atoms with Crippen LogP contribution in [0, 0.1) is 5.92 Å². The minimum atomic E-state index is -1.80. The summed E-state index contributed by atoms with van der Waals surface area (Å²) < 4.78 is 0. The second-order valence-electron chi connectivity index (χ2n) is 9.88. The number of nitrogens with zero attached hydrogens (tertiary/aromatic N) is 3. The number of anilines is 2. The summed E-state index contributed by atoms with van der Waals surface area (Å²) in [5.74, 6) is -1.16. The van der Waals surface area contributed by atoms with Crippen molar-refractivity contribution >= 4 is 29.1 Å². The van der Waals surface area contributed by atoms with Crippen molar-refractivity contribution in [3.63, 3.8) is 0 Å². The van der Waals surface area contributed by atoms with E-state index in [2.05, 4.69) is 0 Å². The predicted molar refractivity (Wildman–Crippen MR) is 135 cm³/mol. The summed E-state index contributed by atoms with van der Waals surface area (Å²) in [6.07, 6.45) is 4.59. The molecule has 8 heteroatoms. The maximum atomic E-state index is 13.2. The van der Waals surface area contributed by atoms with Crippen LogP contribution in [0.15, 0.2) is 54.6 Å². The van der Waals surface area contributed by atoms with Crippen LogP contribution in [0.25, 0.3) is 0 Å². The van der Waals surface area contributed by atoms with Crippen LogP contribution in [-0.4, -0.2) is 59.1 Å². The third-order valence-electron chi connectivity index (χ3n) is 7.81. The number of aliphatic hydroxyl groups is 2. The van der Waals surface area contributed by atoms with Crippen LogP contribution < -0.4 is 9.80 Å². The Kier molecular flexibility index (Phi) is 6.18. The monoisotopic (exact) mass is 489 g/mol. The molecule has 0 spiro atoms. The van der Waals surface area contributed by atoms with Crippen molar-refractivity contribution in [2.45, 2.75) is 44.4 Å². The maximum absolute atomic E-state index is 13.2. The van der Waals surface area contributed by atoms with Gasteiger partial charge in [0.2, 0.25) is 11.8 Å². The summed E-state index contributed by atoms with van der Waals surface area (Å²) in [5.41, 5.74) is 2.16. The zero-order chi connectivity index (χ0) is 25.6. The molecule has 0 bridgehead atoms. The first-order valence-corrected chi connectivity index (χ1v) is 12.3. The standard InChI is InChI=1S/C28H31N3O5/c1-18(6-5-9-25(33)31-16-20-8-4-3-7-19(20)14-22(31)17-32)28(36)23-15-21(30-13-12-26(30)34)10-11-24(23)29(2)27(28)35/h3-8,10-11,15,18,22,32,36H,9,12-14,16-17H2,1-2H3/b6-5+/t18-,22-,28+/m0/s1. The molecule has 3 aliphatic heterocycles. The Hall–Kier alpha value is -3.49. The van der Waals surface area contributed by atoms with Crippen molar-refractivity contribution in [2.75, 3.05) is 30.0 Å². The molecule has 2 N–H and O–H groups in total. The predicted octanol–water partition coefficient (Wildman–Crippen LogP) is 2.12. The molecule has 2 aromatic carbocycles. The number of β-lactam (4-membered cyclic amide) rings is 1. The van der Waals surface area contributed by atoms with Crippen LogP contribution in [0.2, 0.25) is 0 Å². The number of benzene rings is 2. The Morgan fingerprint density at radius 2 is 1.94 bits per heavy atom. The van der Waals surface area contributed by atoms with Crippen molar-refractivity contribution < 1.29 is 24.6 Å². The highest BCUT2D eigenvalue weighted by molar-refractivity contribution is 6.08. The molecule has 1 fully saturated rings. The normalized spacial score (nSPS) is 24.1. The van der Waals surface area contributed by atoms with Crippen LogP contribution in [0.5, 0.6) is 0 Å². The average molecular weight is 490 g/mol. The van der Waals surface area contributed by atoms with Gasteiger partial charge in [0.1, 0.15) is 0 Å². The third-order valence-corrected chi connectivity index (χ3v) is 7.81. The van der Waals surface area contributed by atoms with E-state index < -0.39 is 17.4 Å². The van der Waals surface area contributed by atoms with E-state index in [0.29, 0.717) is 42.9 Å². The molecule has 0 radical (unpaired) electrons. The van der Waals surface area contributed by atoms with Crippen molar-refractivity contribution in [3.8, 4) is 0 Å². The van der Waals surface area contributed by atoms with E-state index in [1.165, 1.54) is 4.90 Å². The number of aliphatic hydroxyl groups excluding tert-OH is 1. The molecule has 1 saturated heterocycles. The quantitative estimate of drug-likeness (QED) is 0.478. The van der Waals surface area contributed by atoms with Gasteiger partial charge in [0, 0.05) is 50.1 Å². The molecule has 0 aliphatic carbocycles. The van der Waals surface area contributed by atoms with E-state index in [-0.39, 0.29) is 30.9 Å². The zero-order valence-corrected chi connectivity index (χ0v) is 20.6. The van der Waals surface area contributed by atoms with E-state index in [4.69, 9.17) is 0 Å². The van der Waals surface area contributed by atoms with Crippen LogP contribution in [0.4, 0.5) is 11.4 Å². The largest absolute Gasteiger partial charge is 0.394 e. The summed E-state index contributed by atoms with van der Waals surface area (Å²) in [7, 11) is 1.62. The van der Waals surface area contributed by atoms with E-state index in [0.717, 1.165) is 11.1 Å². The molecule has 0 saturated carbocycles. The fraction of sp³-hybridized carbons (Fsp3) is 0.393. The number of fused-ring (bicyclic) bond motifs is 2. The fourth-order valence-corrected chi connectivity index (χ4v) is 5.47. The number of likely N-dealkylation sites (N-methyl/N-ethyl adjacent to an activating group) is 1. The van der Waals surface area contributed by atoms with Crippen LogP contribution in [0.1, 0.15) is 36.5 Å². The molecule has 3 heterocycles. The Morgan fingerprint density at radius 1 is 1.19 bits per heavy atom. The number of carbonyl (C=O) groups is 3. The van der Waals surface area contributed by atoms with Crippen molar-refractivity contribution in [1.29, 1.82) is 0 Å². The van der Waals surface area contributed by atoms with Gasteiger partial charge in [-0.25, -0.2) is 0 Å². The lowest BCUT2D eigenvalue weighted by molar-refractivity contribution is -0.139. The molecule has 3 amide bonds. The minimum Gasteiger partial charge on any atom is -0.394 e. The SMILES string of the molecule is C[C@@H](/C=C/CC(=O)N1Cc2ccccc2C[C@H]1CO)[C@]1(O)C(=O)N(C)c2ccc(N3CCC3=O)cc21. The first-order chi connectivity index (χ1) is 17.3. The molecule has 3 aliphatic rings. The molecule has 188 valence electrons. The first kappa shape index (κ1) is 24.2. The Morgan fingerprint density at radius 3 is 2.61 bits per heavy atom. The summed E-state index contributed by atoms with van der Waals surface area (Å²) in [6.45, 7) is 2.70. The van der Waals surface area contributed by atoms with Gasteiger partial charge in [-0.2, -0.15) is 0 Å². The first-order valence-electron chi connectivity index (χ1n) is 12.3. The third kappa shape index (κ3) is 3.81. The fourth-order valence-electron chi connectivity index (χ4n) is 5.47. The van der Waals surface area contributed by atoms with Gasteiger partial charge < -0.3 is 24.9 Å². The topological polar surface area (TPSA) is 101 Å². The molecule has 8 nitrogen and oxygen atoms in total. The number of amides is 3. The average Bonchev–Trinajstić information content (AvgIpc) is 3.08. The van der Waals surface area contributed by atoms with Crippen LogP contribution in [0.3, 0.4) is 0 Å². The Labute approximate surface area is 210 Å². The van der Waals surface area contributed by atoms with E-state index in [1.807, 2.05) is 24.3 Å². The highest BCUT2D eigenvalue weighted by Gasteiger charge is 2.51. The smallest absolute Gasteiger partial charge is 0.264 e. The Balaban J connectivity index is 1.33. The zero-order valence-electron chi connectivity index (χ0n) is 20.6. The summed E-state index contributed by atoms with van der Waals surface area (Å²) in [4.78, 5) is 42.9. The van der Waals surface area contributed by atoms with Gasteiger partial charge in [-0.3, -0.25) is 14.4 Å². The molecular weight excluding hydrogens is 458 g/mol. The lowest BCUT2D eigenvalue weighted by Gasteiger charge is -2.36. The summed E-state index contributed by atoms with van der Waals surface area (Å²) >= 11 is 0.